The van der Waals surface area contributed by atoms with Crippen molar-refractivity contribution in [2.75, 3.05) is 5.73 Å². The van der Waals surface area contributed by atoms with Gasteiger partial charge in [-0.2, -0.15) is 5.26 Å². The Bertz CT molecular complexity index is 290. The van der Waals surface area contributed by atoms with Crippen molar-refractivity contribution in [3.05, 3.63) is 15.6 Å². The molecule has 10 heavy (non-hydrogen) atoms. The molecule has 0 unspecified atom stereocenters. The topological polar surface area (TPSA) is 75.6 Å². The Balaban J connectivity index is 3.23. The van der Waals surface area contributed by atoms with Crippen LogP contribution in [0.15, 0.2) is 6.20 Å². The number of nitrogens with zero attached hydrogens (tertiary/aromatic N) is 3. The summed E-state index contributed by atoms with van der Waals surface area (Å²) in [7, 11) is 0. The number of anilines is 1. The van der Waals surface area contributed by atoms with Crippen LogP contribution in [0.3, 0.4) is 0 Å². The summed E-state index contributed by atoms with van der Waals surface area (Å²) in [6, 6.07) is 1.87. The van der Waals surface area contributed by atoms with Crippen LogP contribution in [-0.4, -0.2) is 9.97 Å². The van der Waals surface area contributed by atoms with E-state index >= 15 is 0 Å². The molecule has 0 aliphatic rings. The summed E-state index contributed by atoms with van der Waals surface area (Å²) in [5.74, 6) is 0.238. The molecule has 1 rings (SSSR count). The first kappa shape index (κ1) is 7.21. The van der Waals surface area contributed by atoms with Crippen molar-refractivity contribution in [1.82, 2.24) is 9.97 Å². The van der Waals surface area contributed by atoms with Crippen LogP contribution in [0.5, 0.6) is 0 Å². The number of hydrogen-bond acceptors (Lipinski definition) is 4. The highest BCUT2D eigenvalue weighted by atomic mass is 127. The zero-order valence-corrected chi connectivity index (χ0v) is 7.03. The Labute approximate surface area is 71.2 Å². The lowest BCUT2D eigenvalue weighted by atomic mass is 10.3. The Morgan fingerprint density at radius 1 is 1.70 bits per heavy atom. The average molecular weight is 246 g/mol. The fourth-order valence-corrected chi connectivity index (χ4v) is 0.858. The number of nitrogens with two attached hydrogens (primary N) is 1. The van der Waals surface area contributed by atoms with E-state index in [9.17, 15) is 0 Å². The summed E-state index contributed by atoms with van der Waals surface area (Å²) < 4.78 is 0.550. The van der Waals surface area contributed by atoms with Gasteiger partial charge < -0.3 is 5.73 Å². The molecule has 0 saturated heterocycles. The molecule has 4 nitrogen and oxygen atoms in total. The van der Waals surface area contributed by atoms with Gasteiger partial charge in [0.25, 0.3) is 0 Å². The van der Waals surface area contributed by atoms with E-state index in [-0.39, 0.29) is 5.82 Å². The molecule has 5 heteroatoms. The quantitative estimate of drug-likeness (QED) is 0.535. The zero-order chi connectivity index (χ0) is 7.56. The minimum Gasteiger partial charge on any atom is -0.382 e. The van der Waals surface area contributed by atoms with Gasteiger partial charge in [-0.3, -0.25) is 0 Å². The molecule has 0 aliphatic carbocycles. The van der Waals surface area contributed by atoms with E-state index in [4.69, 9.17) is 11.0 Å². The number of hydrogen-bond donors (Lipinski definition) is 1. The van der Waals surface area contributed by atoms with Crippen LogP contribution in [0.1, 0.15) is 5.56 Å². The maximum Gasteiger partial charge on any atom is 0.192 e. The van der Waals surface area contributed by atoms with Crippen molar-refractivity contribution in [2.45, 2.75) is 0 Å². The lowest BCUT2D eigenvalue weighted by molar-refractivity contribution is 1.10. The van der Waals surface area contributed by atoms with E-state index in [1.54, 1.807) is 0 Å². The Morgan fingerprint density at radius 2 is 2.40 bits per heavy atom. The normalized spacial score (nSPS) is 8.80. The first-order valence-corrected chi connectivity index (χ1v) is 3.50. The zero-order valence-electron chi connectivity index (χ0n) is 4.87. The summed E-state index contributed by atoms with van der Waals surface area (Å²) in [5.41, 5.74) is 5.67. The van der Waals surface area contributed by atoms with Crippen molar-refractivity contribution < 1.29 is 0 Å². The molecule has 0 spiro atoms. The van der Waals surface area contributed by atoms with Crippen molar-refractivity contribution in [3.63, 3.8) is 0 Å². The molecule has 1 aromatic heterocycles. The fraction of sp³-hybridized carbons (Fsp3) is 0. The number of aromatic nitrogens is 2. The first-order chi connectivity index (χ1) is 4.74. The smallest absolute Gasteiger partial charge is 0.192 e. The number of rotatable bonds is 0. The van der Waals surface area contributed by atoms with Crippen molar-refractivity contribution in [1.29, 1.82) is 5.26 Å². The molecule has 0 aromatic carbocycles. The number of nitriles is 1. The lowest BCUT2D eigenvalue weighted by Gasteiger charge is -1.93. The van der Waals surface area contributed by atoms with Gasteiger partial charge in [-0.05, 0) is 0 Å². The second-order valence-electron chi connectivity index (χ2n) is 1.55. The van der Waals surface area contributed by atoms with E-state index < -0.39 is 0 Å². The Morgan fingerprint density at radius 3 is 2.90 bits per heavy atom. The van der Waals surface area contributed by atoms with E-state index in [2.05, 4.69) is 9.97 Å². The number of nitrogen functional groups attached to an aromatic ring is 1. The summed E-state index contributed by atoms with van der Waals surface area (Å²) in [4.78, 5) is 7.56. The standard InChI is InChI=1S/C5H3IN4/c6-5-9-2-3(1-7)4(8)10-5/h2H,(H2,8,9,10). The Kier molecular flexibility index (Phi) is 2.01. The summed E-state index contributed by atoms with van der Waals surface area (Å²) in [6.45, 7) is 0. The van der Waals surface area contributed by atoms with Gasteiger partial charge in [0, 0.05) is 22.6 Å². The molecular formula is C5H3IN4. The largest absolute Gasteiger partial charge is 0.382 e. The van der Waals surface area contributed by atoms with Crippen molar-refractivity contribution >= 4 is 28.4 Å². The average Bonchev–Trinajstić information content (AvgIpc) is 1.88. The fourth-order valence-electron chi connectivity index (χ4n) is 0.459. The van der Waals surface area contributed by atoms with Crippen LogP contribution in [0.25, 0.3) is 0 Å². The summed E-state index contributed by atoms with van der Waals surface area (Å²) in [6.07, 6.45) is 1.41. The van der Waals surface area contributed by atoms with Crippen LogP contribution >= 0.6 is 22.6 Å². The monoisotopic (exact) mass is 246 g/mol. The van der Waals surface area contributed by atoms with Crippen LogP contribution in [0.4, 0.5) is 5.82 Å². The van der Waals surface area contributed by atoms with Gasteiger partial charge in [0.2, 0.25) is 0 Å². The highest BCUT2D eigenvalue weighted by Crippen LogP contribution is 2.05. The van der Waals surface area contributed by atoms with E-state index in [0.717, 1.165) is 0 Å². The van der Waals surface area contributed by atoms with Gasteiger partial charge in [-0.25, -0.2) is 9.97 Å². The minimum absolute atomic E-state index is 0.238. The summed E-state index contributed by atoms with van der Waals surface area (Å²) in [5, 5.41) is 8.40. The first-order valence-electron chi connectivity index (χ1n) is 2.42. The van der Waals surface area contributed by atoms with Gasteiger partial charge >= 0.3 is 0 Å². The second kappa shape index (κ2) is 2.79. The van der Waals surface area contributed by atoms with E-state index in [1.807, 2.05) is 28.7 Å². The molecule has 50 valence electrons. The van der Waals surface area contributed by atoms with Crippen LogP contribution in [-0.2, 0) is 0 Å². The SMILES string of the molecule is N#Cc1cnc(I)nc1N. The van der Waals surface area contributed by atoms with Gasteiger partial charge in [0.1, 0.15) is 17.5 Å². The maximum absolute atomic E-state index is 8.40. The van der Waals surface area contributed by atoms with Crippen molar-refractivity contribution in [3.8, 4) is 6.07 Å². The van der Waals surface area contributed by atoms with Crippen LogP contribution in [0, 0.1) is 15.2 Å². The van der Waals surface area contributed by atoms with Gasteiger partial charge in [-0.15, -0.1) is 0 Å². The number of halogens is 1. The third-order valence-electron chi connectivity index (χ3n) is 0.909. The van der Waals surface area contributed by atoms with Gasteiger partial charge in [-0.1, -0.05) is 0 Å². The predicted molar refractivity (Wildman–Crippen MR) is 43.9 cm³/mol. The molecule has 0 radical (unpaired) electrons. The minimum atomic E-state index is 0.238. The molecule has 0 aliphatic heterocycles. The lowest BCUT2D eigenvalue weighted by Crippen LogP contribution is -1.97. The summed E-state index contributed by atoms with van der Waals surface area (Å²) >= 11 is 1.93. The molecule has 0 atom stereocenters. The highest BCUT2D eigenvalue weighted by Gasteiger charge is 1.98. The highest BCUT2D eigenvalue weighted by molar-refractivity contribution is 14.1. The molecular weight excluding hydrogens is 243 g/mol. The molecule has 0 amide bonds. The van der Waals surface area contributed by atoms with Gasteiger partial charge in [0.15, 0.2) is 3.83 Å². The molecule has 1 heterocycles. The molecule has 0 saturated carbocycles. The molecule has 0 bridgehead atoms. The van der Waals surface area contributed by atoms with Crippen LogP contribution < -0.4 is 5.73 Å². The second-order valence-corrected chi connectivity index (χ2v) is 2.51. The predicted octanol–water partition coefficient (Wildman–Crippen LogP) is 0.535. The molecule has 2 N–H and O–H groups in total. The van der Waals surface area contributed by atoms with Crippen LogP contribution in [0.2, 0.25) is 0 Å². The third-order valence-corrected chi connectivity index (χ3v) is 1.43. The Hall–Kier alpha value is -0.900. The van der Waals surface area contributed by atoms with E-state index in [1.165, 1.54) is 6.20 Å². The molecule has 1 aromatic rings. The molecule has 0 fully saturated rings. The van der Waals surface area contributed by atoms with Gasteiger partial charge in [0.05, 0.1) is 6.20 Å². The van der Waals surface area contributed by atoms with Crippen molar-refractivity contribution in [2.24, 2.45) is 0 Å². The maximum atomic E-state index is 8.40. The van der Waals surface area contributed by atoms with E-state index in [0.29, 0.717) is 9.39 Å². The third kappa shape index (κ3) is 1.33.